The molecule has 0 aromatic heterocycles. The molecular formula is C21H26N2O3S. The summed E-state index contributed by atoms with van der Waals surface area (Å²) in [7, 11) is -2.10. The van der Waals surface area contributed by atoms with Crippen molar-refractivity contribution >= 4 is 15.9 Å². The minimum absolute atomic E-state index is 0.0250. The molecule has 1 aliphatic heterocycles. The smallest absolute Gasteiger partial charge is 0.254 e. The Bertz CT molecular complexity index is 958. The lowest BCUT2D eigenvalue weighted by atomic mass is 9.86. The Morgan fingerprint density at radius 3 is 2.30 bits per heavy atom. The highest BCUT2D eigenvalue weighted by atomic mass is 32.2. The molecule has 6 heteroatoms. The molecule has 0 atom stereocenters. The minimum Gasteiger partial charge on any atom is -0.334 e. The van der Waals surface area contributed by atoms with Crippen molar-refractivity contribution in [2.75, 3.05) is 13.6 Å². The van der Waals surface area contributed by atoms with E-state index in [2.05, 4.69) is 25.5 Å². The van der Waals surface area contributed by atoms with Crippen molar-refractivity contribution in [1.82, 2.24) is 9.62 Å². The predicted molar refractivity (Wildman–Crippen MR) is 106 cm³/mol. The molecule has 2 aromatic rings. The van der Waals surface area contributed by atoms with Crippen LogP contribution in [0.15, 0.2) is 47.4 Å². The maximum Gasteiger partial charge on any atom is 0.254 e. The maximum absolute atomic E-state index is 12.9. The van der Waals surface area contributed by atoms with E-state index in [1.807, 2.05) is 30.3 Å². The minimum atomic E-state index is -3.49. The number of hydrogen-bond acceptors (Lipinski definition) is 3. The van der Waals surface area contributed by atoms with E-state index in [0.717, 1.165) is 17.5 Å². The monoisotopic (exact) mass is 386 g/mol. The fourth-order valence-electron chi connectivity index (χ4n) is 3.29. The van der Waals surface area contributed by atoms with Crippen LogP contribution < -0.4 is 4.72 Å². The molecule has 0 spiro atoms. The van der Waals surface area contributed by atoms with Gasteiger partial charge in [0.05, 0.1) is 4.90 Å². The second-order valence-corrected chi connectivity index (χ2v) is 9.83. The quantitative estimate of drug-likeness (QED) is 0.881. The Morgan fingerprint density at radius 2 is 1.70 bits per heavy atom. The van der Waals surface area contributed by atoms with E-state index in [9.17, 15) is 13.2 Å². The summed E-state index contributed by atoms with van der Waals surface area (Å²) in [5.74, 6) is -0.0250. The highest BCUT2D eigenvalue weighted by Gasteiger charge is 2.24. The number of amides is 1. The third kappa shape index (κ3) is 4.06. The zero-order chi connectivity index (χ0) is 19.8. The van der Waals surface area contributed by atoms with Crippen LogP contribution in [0.4, 0.5) is 0 Å². The molecule has 0 saturated carbocycles. The van der Waals surface area contributed by atoms with Crippen LogP contribution in [-0.2, 0) is 28.4 Å². The molecule has 1 aliphatic rings. The Morgan fingerprint density at radius 1 is 1.04 bits per heavy atom. The van der Waals surface area contributed by atoms with Gasteiger partial charge in [-0.3, -0.25) is 4.79 Å². The number of fused-ring (bicyclic) bond motifs is 1. The first-order chi connectivity index (χ1) is 12.6. The van der Waals surface area contributed by atoms with Crippen molar-refractivity contribution in [2.24, 2.45) is 0 Å². The SMILES string of the molecule is CNS(=O)(=O)c1ccc2c(c1)CN(C(=O)c1ccc(C(C)(C)C)cc1)CC2. The molecule has 0 radical (unpaired) electrons. The topological polar surface area (TPSA) is 66.5 Å². The highest BCUT2D eigenvalue weighted by molar-refractivity contribution is 7.89. The van der Waals surface area contributed by atoms with Crippen molar-refractivity contribution in [3.8, 4) is 0 Å². The number of benzene rings is 2. The van der Waals surface area contributed by atoms with Gasteiger partial charge in [0.2, 0.25) is 10.0 Å². The first-order valence-electron chi connectivity index (χ1n) is 9.07. The fourth-order valence-corrected chi connectivity index (χ4v) is 4.07. The van der Waals surface area contributed by atoms with Gasteiger partial charge >= 0.3 is 0 Å². The van der Waals surface area contributed by atoms with E-state index in [4.69, 9.17) is 0 Å². The molecule has 0 unspecified atom stereocenters. The van der Waals surface area contributed by atoms with Crippen molar-refractivity contribution in [3.63, 3.8) is 0 Å². The number of nitrogens with zero attached hydrogens (tertiary/aromatic N) is 1. The van der Waals surface area contributed by atoms with Crippen molar-refractivity contribution in [1.29, 1.82) is 0 Å². The number of carbonyl (C=O) groups excluding carboxylic acids is 1. The second-order valence-electron chi connectivity index (χ2n) is 7.94. The van der Waals surface area contributed by atoms with Crippen LogP contribution in [0.3, 0.4) is 0 Å². The lowest BCUT2D eigenvalue weighted by Crippen LogP contribution is -2.36. The number of carbonyl (C=O) groups is 1. The number of hydrogen-bond donors (Lipinski definition) is 1. The van der Waals surface area contributed by atoms with Gasteiger partial charge in [0.25, 0.3) is 5.91 Å². The molecule has 0 saturated heterocycles. The zero-order valence-electron chi connectivity index (χ0n) is 16.2. The average Bonchev–Trinajstić information content (AvgIpc) is 2.66. The Balaban J connectivity index is 1.82. The Hall–Kier alpha value is -2.18. The van der Waals surface area contributed by atoms with E-state index < -0.39 is 10.0 Å². The number of nitrogens with one attached hydrogen (secondary N) is 1. The van der Waals surface area contributed by atoms with Crippen LogP contribution in [0.5, 0.6) is 0 Å². The molecule has 0 bridgehead atoms. The van der Waals surface area contributed by atoms with Gasteiger partial charge in [0, 0.05) is 18.7 Å². The van der Waals surface area contributed by atoms with Gasteiger partial charge in [-0.15, -0.1) is 0 Å². The predicted octanol–water partition coefficient (Wildman–Crippen LogP) is 3.09. The Kier molecular flexibility index (Phi) is 5.14. The fraction of sp³-hybridized carbons (Fsp3) is 0.381. The molecule has 2 aromatic carbocycles. The summed E-state index contributed by atoms with van der Waals surface area (Å²) in [4.78, 5) is 14.9. The van der Waals surface area contributed by atoms with Crippen molar-refractivity contribution < 1.29 is 13.2 Å². The lowest BCUT2D eigenvalue weighted by molar-refractivity contribution is 0.0734. The van der Waals surface area contributed by atoms with E-state index in [-0.39, 0.29) is 16.2 Å². The third-order valence-electron chi connectivity index (χ3n) is 5.05. The normalized spacial score (nSPS) is 14.7. The van der Waals surface area contributed by atoms with Crippen LogP contribution in [0, 0.1) is 0 Å². The summed E-state index contributed by atoms with van der Waals surface area (Å²) >= 11 is 0. The van der Waals surface area contributed by atoms with E-state index in [1.165, 1.54) is 12.6 Å². The van der Waals surface area contributed by atoms with E-state index >= 15 is 0 Å². The summed E-state index contributed by atoms with van der Waals surface area (Å²) in [6.45, 7) is 7.47. The van der Waals surface area contributed by atoms with Gasteiger partial charge in [-0.2, -0.15) is 0 Å². The lowest BCUT2D eigenvalue weighted by Gasteiger charge is -2.29. The standard InChI is InChI=1S/C21H26N2O3S/c1-21(2,3)18-8-5-16(6-9-18)20(24)23-12-11-15-7-10-19(13-17(15)14-23)27(25,26)22-4/h5-10,13,22H,11-12,14H2,1-4H3. The molecule has 144 valence electrons. The summed E-state index contributed by atoms with van der Waals surface area (Å²) in [6.07, 6.45) is 0.723. The van der Waals surface area contributed by atoms with Gasteiger partial charge in [-0.1, -0.05) is 39.0 Å². The van der Waals surface area contributed by atoms with Crippen molar-refractivity contribution in [3.05, 3.63) is 64.7 Å². The van der Waals surface area contributed by atoms with Crippen molar-refractivity contribution in [2.45, 2.75) is 44.0 Å². The van der Waals surface area contributed by atoms with Crippen LogP contribution in [0.2, 0.25) is 0 Å². The summed E-state index contributed by atoms with van der Waals surface area (Å²) in [5, 5.41) is 0. The molecule has 1 heterocycles. The maximum atomic E-state index is 12.9. The molecule has 5 nitrogen and oxygen atoms in total. The molecule has 3 rings (SSSR count). The van der Waals surface area contributed by atoms with Gasteiger partial charge in [-0.05, 0) is 59.8 Å². The Labute approximate surface area is 161 Å². The third-order valence-corrected chi connectivity index (χ3v) is 6.47. The van der Waals surface area contributed by atoms with Crippen LogP contribution in [0.1, 0.15) is 47.8 Å². The highest BCUT2D eigenvalue weighted by Crippen LogP contribution is 2.25. The van der Waals surface area contributed by atoms with Gasteiger partial charge in [0.1, 0.15) is 0 Å². The average molecular weight is 387 g/mol. The van der Waals surface area contributed by atoms with Gasteiger partial charge in [-0.25, -0.2) is 13.1 Å². The zero-order valence-corrected chi connectivity index (χ0v) is 17.1. The summed E-state index contributed by atoms with van der Waals surface area (Å²) in [6, 6.07) is 12.9. The first kappa shape index (κ1) is 19.6. The molecule has 1 amide bonds. The first-order valence-corrected chi connectivity index (χ1v) is 10.6. The molecule has 0 fully saturated rings. The second kappa shape index (κ2) is 7.09. The largest absolute Gasteiger partial charge is 0.334 e. The molecule has 1 N–H and O–H groups in total. The van der Waals surface area contributed by atoms with E-state index in [1.54, 1.807) is 17.0 Å². The van der Waals surface area contributed by atoms with Crippen LogP contribution >= 0.6 is 0 Å². The van der Waals surface area contributed by atoms with E-state index in [0.29, 0.717) is 18.7 Å². The van der Waals surface area contributed by atoms with Gasteiger partial charge < -0.3 is 4.90 Å². The summed E-state index contributed by atoms with van der Waals surface area (Å²) < 4.78 is 26.4. The molecular weight excluding hydrogens is 360 g/mol. The molecule has 27 heavy (non-hydrogen) atoms. The number of rotatable bonds is 3. The van der Waals surface area contributed by atoms with Crippen LogP contribution in [-0.4, -0.2) is 32.8 Å². The molecule has 0 aliphatic carbocycles. The number of sulfonamides is 1. The summed E-state index contributed by atoms with van der Waals surface area (Å²) in [5.41, 5.74) is 3.87. The van der Waals surface area contributed by atoms with Crippen LogP contribution in [0.25, 0.3) is 0 Å². The van der Waals surface area contributed by atoms with Gasteiger partial charge in [0.15, 0.2) is 0 Å².